The Kier molecular flexibility index (Phi) is 6.21. The van der Waals surface area contributed by atoms with Crippen molar-refractivity contribution < 1.29 is 13.5 Å². The summed E-state index contributed by atoms with van der Waals surface area (Å²) in [7, 11) is 3.61. The first-order valence-electron chi connectivity index (χ1n) is 11.5. The molecule has 0 radical (unpaired) electrons. The van der Waals surface area contributed by atoms with Gasteiger partial charge in [-0.2, -0.15) is 4.98 Å². The number of imidazole rings is 1. The molecule has 0 spiro atoms. The van der Waals surface area contributed by atoms with Gasteiger partial charge in [0.2, 0.25) is 5.95 Å². The van der Waals surface area contributed by atoms with Crippen LogP contribution in [0.4, 0.5) is 14.7 Å². The van der Waals surface area contributed by atoms with E-state index >= 15 is 0 Å². The molecule has 1 aliphatic heterocycles. The lowest BCUT2D eigenvalue weighted by Crippen LogP contribution is -2.40. The number of hydrogen-bond acceptors (Lipinski definition) is 6. The van der Waals surface area contributed by atoms with Gasteiger partial charge in [0.25, 0.3) is 0 Å². The Hall–Kier alpha value is -3.79. The Bertz CT molecular complexity index is 1410. The Morgan fingerprint density at radius 2 is 1.94 bits per heavy atom. The molecule has 182 valence electrons. The summed E-state index contributed by atoms with van der Waals surface area (Å²) in [6.07, 6.45) is 3.57. The second-order valence-electron chi connectivity index (χ2n) is 8.75. The van der Waals surface area contributed by atoms with Gasteiger partial charge in [-0.1, -0.05) is 12.1 Å². The zero-order valence-corrected chi connectivity index (χ0v) is 19.5. The second kappa shape index (κ2) is 9.46. The summed E-state index contributed by atoms with van der Waals surface area (Å²) in [5.74, 6) is -0.489. The second-order valence-corrected chi connectivity index (χ2v) is 8.75. The number of hydrogen-bond donors (Lipinski definition) is 1. The van der Waals surface area contributed by atoms with Crippen molar-refractivity contribution in [3.63, 3.8) is 0 Å². The van der Waals surface area contributed by atoms with E-state index in [-0.39, 0.29) is 18.2 Å². The molecule has 1 saturated heterocycles. The van der Waals surface area contributed by atoms with Crippen molar-refractivity contribution in [2.75, 3.05) is 32.6 Å². The van der Waals surface area contributed by atoms with E-state index in [2.05, 4.69) is 27.2 Å². The van der Waals surface area contributed by atoms with Gasteiger partial charge in [0.05, 0.1) is 25.5 Å². The molecule has 3 heterocycles. The number of piperidine rings is 1. The number of anilines is 1. The maximum Gasteiger partial charge on any atom is 0.335 e. The number of ether oxygens (including phenoxy) is 1. The number of halogens is 2. The largest absolute Gasteiger partial charge is 0.497 e. The van der Waals surface area contributed by atoms with E-state index in [0.29, 0.717) is 28.5 Å². The Morgan fingerprint density at radius 1 is 1.17 bits per heavy atom. The third-order valence-electron chi connectivity index (χ3n) is 6.32. The van der Waals surface area contributed by atoms with Crippen molar-refractivity contribution in [2.24, 2.45) is 0 Å². The van der Waals surface area contributed by atoms with E-state index in [1.54, 1.807) is 24.3 Å². The van der Waals surface area contributed by atoms with Crippen molar-refractivity contribution in [3.8, 4) is 11.4 Å². The van der Waals surface area contributed by atoms with Gasteiger partial charge in [-0.05, 0) is 50.7 Å². The van der Waals surface area contributed by atoms with Crippen molar-refractivity contribution >= 4 is 17.1 Å². The van der Waals surface area contributed by atoms with Crippen molar-refractivity contribution in [1.29, 1.82) is 0 Å². The maximum absolute atomic E-state index is 14.4. The molecule has 1 fully saturated rings. The van der Waals surface area contributed by atoms with Crippen LogP contribution < -0.4 is 15.7 Å². The van der Waals surface area contributed by atoms with Gasteiger partial charge in [-0.3, -0.25) is 4.57 Å². The molecule has 0 bridgehead atoms. The van der Waals surface area contributed by atoms with E-state index in [9.17, 15) is 13.6 Å². The van der Waals surface area contributed by atoms with E-state index in [4.69, 9.17) is 4.74 Å². The van der Waals surface area contributed by atoms with Crippen LogP contribution in [-0.2, 0) is 6.54 Å². The number of aromatic nitrogens is 4. The molecule has 5 rings (SSSR count). The standard InChI is InChI=1S/C25H26F2N6O2/c1-31-11-5-6-16(14-31)29-24-28-13-22-23(30-24)33(17-7-3-8-18(12-17)35-2)25(34)32(22)15-19-20(26)9-4-10-21(19)27/h3-4,7-10,12-13,16H,5-6,11,14-15H2,1-2H3,(H,28,29,30). The monoisotopic (exact) mass is 480 g/mol. The number of likely N-dealkylation sites (tertiary alicyclic amines) is 1. The number of nitrogens with zero attached hydrogens (tertiary/aromatic N) is 5. The number of likely N-dealkylation sites (N-methyl/N-ethyl adjacent to an activating group) is 1. The minimum absolute atomic E-state index is 0.179. The summed E-state index contributed by atoms with van der Waals surface area (Å²) in [6, 6.07) is 10.8. The van der Waals surface area contributed by atoms with Crippen LogP contribution >= 0.6 is 0 Å². The van der Waals surface area contributed by atoms with Gasteiger partial charge >= 0.3 is 5.69 Å². The maximum atomic E-state index is 14.4. The Morgan fingerprint density at radius 3 is 2.69 bits per heavy atom. The highest BCUT2D eigenvalue weighted by molar-refractivity contribution is 5.74. The summed E-state index contributed by atoms with van der Waals surface area (Å²) >= 11 is 0. The number of methoxy groups -OCH3 is 1. The van der Waals surface area contributed by atoms with Gasteiger partial charge in [0, 0.05) is 24.2 Å². The molecule has 4 aromatic rings. The van der Waals surface area contributed by atoms with Crippen molar-refractivity contribution in [1.82, 2.24) is 24.0 Å². The van der Waals surface area contributed by atoms with Gasteiger partial charge < -0.3 is 15.0 Å². The van der Waals surface area contributed by atoms with Crippen LogP contribution in [0.5, 0.6) is 5.75 Å². The van der Waals surface area contributed by atoms with Gasteiger partial charge in [-0.15, -0.1) is 0 Å². The fraction of sp³-hybridized carbons (Fsp3) is 0.320. The quantitative estimate of drug-likeness (QED) is 0.456. The third kappa shape index (κ3) is 4.49. The predicted molar refractivity (Wildman–Crippen MR) is 129 cm³/mol. The first-order valence-corrected chi connectivity index (χ1v) is 11.5. The molecule has 2 aromatic heterocycles. The fourth-order valence-electron chi connectivity index (χ4n) is 4.55. The molecule has 2 aromatic carbocycles. The van der Waals surface area contributed by atoms with E-state index in [1.807, 2.05) is 0 Å². The third-order valence-corrected chi connectivity index (χ3v) is 6.32. The topological polar surface area (TPSA) is 77.2 Å². The molecule has 0 amide bonds. The molecule has 10 heteroatoms. The molecule has 1 N–H and O–H groups in total. The lowest BCUT2D eigenvalue weighted by Gasteiger charge is -2.30. The molecule has 1 aliphatic rings. The molecule has 0 saturated carbocycles. The predicted octanol–water partition coefficient (Wildman–Crippen LogP) is 3.42. The Labute approximate surface area is 200 Å². The summed E-state index contributed by atoms with van der Waals surface area (Å²) in [4.78, 5) is 24.9. The van der Waals surface area contributed by atoms with Crippen LogP contribution in [-0.4, -0.2) is 57.3 Å². The summed E-state index contributed by atoms with van der Waals surface area (Å²) in [6.45, 7) is 1.61. The molecular formula is C25H26F2N6O2. The molecule has 1 atom stereocenters. The lowest BCUT2D eigenvalue weighted by molar-refractivity contribution is 0.260. The molecule has 1 unspecified atom stereocenters. The summed E-state index contributed by atoms with van der Waals surface area (Å²) < 4.78 is 36.9. The van der Waals surface area contributed by atoms with Crippen LogP contribution in [0.1, 0.15) is 18.4 Å². The van der Waals surface area contributed by atoms with E-state index in [0.717, 1.165) is 25.9 Å². The first kappa shape index (κ1) is 23.0. The van der Waals surface area contributed by atoms with Gasteiger partial charge in [-0.25, -0.2) is 23.1 Å². The lowest BCUT2D eigenvalue weighted by atomic mass is 10.1. The average Bonchev–Trinajstić information content (AvgIpc) is 3.12. The van der Waals surface area contributed by atoms with Crippen LogP contribution in [0, 0.1) is 11.6 Å². The smallest absolute Gasteiger partial charge is 0.335 e. The van der Waals surface area contributed by atoms with Gasteiger partial charge in [0.1, 0.15) is 22.9 Å². The Balaban J connectivity index is 1.64. The van der Waals surface area contributed by atoms with Crippen LogP contribution in [0.25, 0.3) is 16.9 Å². The minimum Gasteiger partial charge on any atom is -0.497 e. The fourth-order valence-corrected chi connectivity index (χ4v) is 4.55. The SMILES string of the molecule is COc1cccc(-n2c(=O)n(Cc3c(F)cccc3F)c3cnc(NC4CCCN(C)C4)nc32)c1. The zero-order valence-electron chi connectivity index (χ0n) is 19.5. The highest BCUT2D eigenvalue weighted by atomic mass is 19.1. The summed E-state index contributed by atoms with van der Waals surface area (Å²) in [5, 5.41) is 3.37. The molecule has 8 nitrogen and oxygen atoms in total. The first-order chi connectivity index (χ1) is 16.9. The molecular weight excluding hydrogens is 454 g/mol. The number of nitrogens with one attached hydrogen (secondary N) is 1. The highest BCUT2D eigenvalue weighted by Gasteiger charge is 2.22. The van der Waals surface area contributed by atoms with Crippen molar-refractivity contribution in [2.45, 2.75) is 25.4 Å². The van der Waals surface area contributed by atoms with E-state index < -0.39 is 17.3 Å². The molecule has 0 aliphatic carbocycles. The van der Waals surface area contributed by atoms with E-state index in [1.165, 1.54) is 40.6 Å². The normalized spacial score (nSPS) is 16.5. The van der Waals surface area contributed by atoms with Crippen LogP contribution in [0.2, 0.25) is 0 Å². The number of fused-ring (bicyclic) bond motifs is 1. The average molecular weight is 481 g/mol. The highest BCUT2D eigenvalue weighted by Crippen LogP contribution is 2.23. The zero-order chi connectivity index (χ0) is 24.5. The number of rotatable bonds is 6. The van der Waals surface area contributed by atoms with Crippen molar-refractivity contribution in [3.05, 3.63) is 76.3 Å². The summed E-state index contributed by atoms with van der Waals surface area (Å²) in [5.41, 5.74) is 0.536. The molecule has 35 heavy (non-hydrogen) atoms. The number of benzene rings is 2. The van der Waals surface area contributed by atoms with Crippen LogP contribution in [0.15, 0.2) is 53.5 Å². The minimum atomic E-state index is -0.722. The van der Waals surface area contributed by atoms with Gasteiger partial charge in [0.15, 0.2) is 5.65 Å². The van der Waals surface area contributed by atoms with Crippen LogP contribution in [0.3, 0.4) is 0 Å².